The minimum absolute atomic E-state index is 0.447. The molecule has 62 valence electrons. The van der Waals surface area contributed by atoms with E-state index in [0.29, 0.717) is 19.4 Å². The van der Waals surface area contributed by atoms with Crippen LogP contribution in [0.4, 0.5) is 0 Å². The van der Waals surface area contributed by atoms with Gasteiger partial charge in [0, 0.05) is 6.54 Å². The molecule has 0 bridgehead atoms. The number of carboxylic acids is 1. The largest absolute Gasteiger partial charge is 0.480 e. The summed E-state index contributed by atoms with van der Waals surface area (Å²) < 4.78 is 0. The molecule has 11 heavy (non-hydrogen) atoms. The van der Waals surface area contributed by atoms with Gasteiger partial charge in [-0.25, -0.2) is 0 Å². The molecule has 1 aliphatic rings. The van der Waals surface area contributed by atoms with Gasteiger partial charge in [0.15, 0.2) is 5.34 Å². The zero-order valence-electron chi connectivity index (χ0n) is 5.77. The highest BCUT2D eigenvalue weighted by Gasteiger charge is 2.32. The maximum Gasteiger partial charge on any atom is 0.324 e. The smallest absolute Gasteiger partial charge is 0.324 e. The SMILES string of the molecule is O=NON1CCC[C@H]1C(=O)O. The molecule has 0 aromatic carbocycles. The van der Waals surface area contributed by atoms with Crippen molar-refractivity contribution >= 4 is 5.97 Å². The van der Waals surface area contributed by atoms with Crippen molar-refractivity contribution in [3.63, 3.8) is 0 Å². The molecular formula is C5H8N2O4. The van der Waals surface area contributed by atoms with Crippen LogP contribution in [0, 0.1) is 4.91 Å². The fourth-order valence-electron chi connectivity index (χ4n) is 1.13. The van der Waals surface area contributed by atoms with E-state index >= 15 is 0 Å². The molecule has 1 fully saturated rings. The van der Waals surface area contributed by atoms with E-state index in [2.05, 4.69) is 10.3 Å². The molecule has 0 unspecified atom stereocenters. The van der Waals surface area contributed by atoms with Crippen molar-refractivity contribution in [2.24, 2.45) is 5.34 Å². The van der Waals surface area contributed by atoms with Crippen molar-refractivity contribution in [3.05, 3.63) is 4.91 Å². The first-order valence-corrected chi connectivity index (χ1v) is 3.25. The molecule has 0 radical (unpaired) electrons. The van der Waals surface area contributed by atoms with Gasteiger partial charge in [-0.15, -0.1) is 9.97 Å². The zero-order valence-corrected chi connectivity index (χ0v) is 5.77. The Kier molecular flexibility index (Phi) is 2.37. The Balaban J connectivity index is 2.50. The van der Waals surface area contributed by atoms with Crippen LogP contribution in [0.15, 0.2) is 5.34 Å². The van der Waals surface area contributed by atoms with Crippen molar-refractivity contribution in [2.75, 3.05) is 6.54 Å². The molecule has 1 atom stereocenters. The molecule has 1 heterocycles. The van der Waals surface area contributed by atoms with Crippen molar-refractivity contribution in [1.82, 2.24) is 5.06 Å². The lowest BCUT2D eigenvalue weighted by Crippen LogP contribution is -2.34. The number of carbonyl (C=O) groups is 1. The second kappa shape index (κ2) is 3.29. The molecule has 1 rings (SSSR count). The minimum atomic E-state index is -0.980. The van der Waals surface area contributed by atoms with E-state index in [1.54, 1.807) is 0 Å². The van der Waals surface area contributed by atoms with Crippen LogP contribution in [0.5, 0.6) is 0 Å². The third-order valence-electron chi connectivity index (χ3n) is 1.63. The molecule has 0 amide bonds. The van der Waals surface area contributed by atoms with Gasteiger partial charge in [0.05, 0.1) is 0 Å². The second-order valence-corrected chi connectivity index (χ2v) is 2.29. The van der Waals surface area contributed by atoms with Gasteiger partial charge >= 0.3 is 5.97 Å². The van der Waals surface area contributed by atoms with Crippen molar-refractivity contribution < 1.29 is 14.8 Å². The highest BCUT2D eigenvalue weighted by atomic mass is 16.9. The second-order valence-electron chi connectivity index (χ2n) is 2.29. The summed E-state index contributed by atoms with van der Waals surface area (Å²) in [5, 5.41) is 11.8. The summed E-state index contributed by atoms with van der Waals surface area (Å²) in [5.41, 5.74) is 0. The first kappa shape index (κ1) is 7.93. The van der Waals surface area contributed by atoms with Crippen molar-refractivity contribution in [1.29, 1.82) is 0 Å². The predicted molar refractivity (Wildman–Crippen MR) is 34.2 cm³/mol. The summed E-state index contributed by atoms with van der Waals surface area (Å²) in [6.45, 7) is 0.447. The van der Waals surface area contributed by atoms with Crippen LogP contribution in [-0.4, -0.2) is 28.7 Å². The Morgan fingerprint density at radius 2 is 2.45 bits per heavy atom. The molecule has 0 saturated carbocycles. The Labute approximate surface area is 62.6 Å². The maximum atomic E-state index is 10.4. The number of aliphatic carboxylic acids is 1. The molecule has 0 aliphatic carbocycles. The van der Waals surface area contributed by atoms with Crippen LogP contribution >= 0.6 is 0 Å². The van der Waals surface area contributed by atoms with Gasteiger partial charge < -0.3 is 5.11 Å². The number of rotatable bonds is 3. The van der Waals surface area contributed by atoms with Crippen LogP contribution in [-0.2, 0) is 9.73 Å². The van der Waals surface area contributed by atoms with Gasteiger partial charge in [-0.05, 0) is 12.8 Å². The molecule has 0 spiro atoms. The van der Waals surface area contributed by atoms with Crippen LogP contribution in [0.2, 0.25) is 0 Å². The standard InChI is InChI=1S/C5H8N2O4/c8-5(9)4-2-1-3-7(4)11-6-10/h4H,1-3H2,(H,8,9)/t4-/m0/s1. The average molecular weight is 160 g/mol. The quantitative estimate of drug-likeness (QED) is 0.469. The van der Waals surface area contributed by atoms with Gasteiger partial charge in [0.1, 0.15) is 6.04 Å². The fourth-order valence-corrected chi connectivity index (χ4v) is 1.13. The van der Waals surface area contributed by atoms with E-state index in [4.69, 9.17) is 5.11 Å². The molecule has 1 aliphatic heterocycles. The van der Waals surface area contributed by atoms with Crippen LogP contribution in [0.1, 0.15) is 12.8 Å². The number of hydrogen-bond acceptors (Lipinski definition) is 5. The molecular weight excluding hydrogens is 152 g/mol. The van der Waals surface area contributed by atoms with E-state index in [1.807, 2.05) is 0 Å². The van der Waals surface area contributed by atoms with Gasteiger partial charge in [0.2, 0.25) is 0 Å². The Morgan fingerprint density at radius 1 is 1.73 bits per heavy atom. The summed E-state index contributed by atoms with van der Waals surface area (Å²) in [5.74, 6) is -0.980. The molecule has 6 nitrogen and oxygen atoms in total. The third-order valence-corrected chi connectivity index (χ3v) is 1.63. The summed E-state index contributed by atoms with van der Waals surface area (Å²) in [6, 6.07) is -0.715. The van der Waals surface area contributed by atoms with Crippen molar-refractivity contribution in [3.8, 4) is 0 Å². The first-order valence-electron chi connectivity index (χ1n) is 3.25. The molecule has 0 aromatic heterocycles. The van der Waals surface area contributed by atoms with E-state index < -0.39 is 12.0 Å². The number of hydroxylamine groups is 2. The lowest BCUT2D eigenvalue weighted by Gasteiger charge is -2.13. The lowest BCUT2D eigenvalue weighted by molar-refractivity contribution is -0.187. The summed E-state index contributed by atoms with van der Waals surface area (Å²) >= 11 is 0. The summed E-state index contributed by atoms with van der Waals surface area (Å²) in [6.07, 6.45) is 1.22. The Bertz CT molecular complexity index is 172. The van der Waals surface area contributed by atoms with E-state index in [0.717, 1.165) is 5.06 Å². The highest BCUT2D eigenvalue weighted by Crippen LogP contribution is 2.17. The average Bonchev–Trinajstić information content (AvgIpc) is 2.36. The summed E-state index contributed by atoms with van der Waals surface area (Å²) in [7, 11) is 0. The topological polar surface area (TPSA) is 79.2 Å². The van der Waals surface area contributed by atoms with Gasteiger partial charge in [-0.3, -0.25) is 9.73 Å². The molecule has 1 saturated heterocycles. The van der Waals surface area contributed by atoms with E-state index in [9.17, 15) is 9.70 Å². The molecule has 1 N–H and O–H groups in total. The molecule has 0 aromatic rings. The van der Waals surface area contributed by atoms with Crippen LogP contribution in [0.25, 0.3) is 0 Å². The van der Waals surface area contributed by atoms with Gasteiger partial charge in [-0.1, -0.05) is 0 Å². The Hall–Kier alpha value is -1.17. The molecule has 6 heteroatoms. The zero-order chi connectivity index (χ0) is 8.27. The van der Waals surface area contributed by atoms with Gasteiger partial charge in [-0.2, -0.15) is 0 Å². The summed E-state index contributed by atoms with van der Waals surface area (Å²) in [4.78, 5) is 24.2. The number of carboxylic acid groups (broad SMARTS) is 1. The predicted octanol–water partition coefficient (Wildman–Crippen LogP) is 0.148. The van der Waals surface area contributed by atoms with E-state index in [-0.39, 0.29) is 0 Å². The van der Waals surface area contributed by atoms with Crippen molar-refractivity contribution in [2.45, 2.75) is 18.9 Å². The third kappa shape index (κ3) is 1.64. The van der Waals surface area contributed by atoms with E-state index in [1.165, 1.54) is 0 Å². The van der Waals surface area contributed by atoms with Crippen LogP contribution in [0.3, 0.4) is 0 Å². The van der Waals surface area contributed by atoms with Gasteiger partial charge in [0.25, 0.3) is 0 Å². The Morgan fingerprint density at radius 3 is 3.00 bits per heavy atom. The fraction of sp³-hybridized carbons (Fsp3) is 0.800. The lowest BCUT2D eigenvalue weighted by atomic mass is 10.2. The number of hydrogen-bond donors (Lipinski definition) is 1. The normalized spacial score (nSPS) is 24.9. The van der Waals surface area contributed by atoms with Crippen LogP contribution < -0.4 is 0 Å². The monoisotopic (exact) mass is 160 g/mol. The highest BCUT2D eigenvalue weighted by molar-refractivity contribution is 5.73. The maximum absolute atomic E-state index is 10.4. The minimum Gasteiger partial charge on any atom is -0.480 e. The number of nitrogens with zero attached hydrogens (tertiary/aromatic N) is 2. The first-order chi connectivity index (χ1) is 5.25.